The Morgan fingerprint density at radius 3 is 2.44 bits per heavy atom. The second-order valence-corrected chi connectivity index (χ2v) is 6.92. The minimum Gasteiger partial charge on any atom is -0.398 e. The van der Waals surface area contributed by atoms with Crippen molar-refractivity contribution >= 4 is 21.2 Å². The van der Waals surface area contributed by atoms with E-state index in [0.717, 1.165) is 18.8 Å². The number of nitrogen functional groups attached to an aromatic ring is 1. The molecule has 0 radical (unpaired) electrons. The van der Waals surface area contributed by atoms with E-state index >= 15 is 0 Å². The largest absolute Gasteiger partial charge is 0.398 e. The van der Waals surface area contributed by atoms with Crippen LogP contribution < -0.4 is 10.6 Å². The number of nitrogens with two attached hydrogens (primary N) is 1. The number of sulfone groups is 1. The average molecular weight is 268 g/mol. The Balaban J connectivity index is 2.30. The van der Waals surface area contributed by atoms with E-state index in [9.17, 15) is 8.42 Å². The number of rotatable bonds is 3. The second-order valence-electron chi connectivity index (χ2n) is 4.67. The maximum absolute atomic E-state index is 11.8. The van der Waals surface area contributed by atoms with Gasteiger partial charge in [-0.2, -0.15) is 0 Å². The molecule has 2 rings (SSSR count). The SMILES string of the molecule is CCS(=O)(=O)c1ccc(N2CCCCC2)cc1N. The third kappa shape index (κ3) is 2.61. The summed E-state index contributed by atoms with van der Waals surface area (Å²) in [6, 6.07) is 5.29. The highest BCUT2D eigenvalue weighted by atomic mass is 32.2. The van der Waals surface area contributed by atoms with Gasteiger partial charge in [0.1, 0.15) is 0 Å². The molecule has 0 atom stereocenters. The van der Waals surface area contributed by atoms with E-state index in [2.05, 4.69) is 4.90 Å². The van der Waals surface area contributed by atoms with Crippen molar-refractivity contribution in [3.63, 3.8) is 0 Å². The summed E-state index contributed by atoms with van der Waals surface area (Å²) in [5, 5.41) is 0. The molecule has 1 aliphatic heterocycles. The Morgan fingerprint density at radius 2 is 1.89 bits per heavy atom. The van der Waals surface area contributed by atoms with E-state index in [-0.39, 0.29) is 10.6 Å². The van der Waals surface area contributed by atoms with Gasteiger partial charge in [-0.05, 0) is 37.5 Å². The molecule has 1 aromatic rings. The van der Waals surface area contributed by atoms with Gasteiger partial charge in [0.2, 0.25) is 0 Å². The van der Waals surface area contributed by atoms with Crippen LogP contribution in [0.25, 0.3) is 0 Å². The van der Waals surface area contributed by atoms with Crippen molar-refractivity contribution in [2.24, 2.45) is 0 Å². The fourth-order valence-corrected chi connectivity index (χ4v) is 3.33. The highest BCUT2D eigenvalue weighted by Gasteiger charge is 2.17. The van der Waals surface area contributed by atoms with Crippen molar-refractivity contribution in [1.82, 2.24) is 0 Å². The average Bonchev–Trinajstić information content (AvgIpc) is 2.39. The Labute approximate surface area is 109 Å². The van der Waals surface area contributed by atoms with Gasteiger partial charge >= 0.3 is 0 Å². The predicted molar refractivity (Wildman–Crippen MR) is 74.6 cm³/mol. The molecule has 1 aliphatic rings. The van der Waals surface area contributed by atoms with Crippen LogP contribution >= 0.6 is 0 Å². The fraction of sp³-hybridized carbons (Fsp3) is 0.538. The topological polar surface area (TPSA) is 63.4 Å². The van der Waals surface area contributed by atoms with E-state index in [1.165, 1.54) is 19.3 Å². The van der Waals surface area contributed by atoms with Gasteiger partial charge in [0, 0.05) is 18.8 Å². The molecule has 0 bridgehead atoms. The third-order valence-electron chi connectivity index (χ3n) is 3.43. The highest BCUT2D eigenvalue weighted by molar-refractivity contribution is 7.91. The van der Waals surface area contributed by atoms with E-state index in [1.807, 2.05) is 6.07 Å². The summed E-state index contributed by atoms with van der Waals surface area (Å²) in [6.07, 6.45) is 3.65. The molecule has 18 heavy (non-hydrogen) atoms. The number of piperidine rings is 1. The predicted octanol–water partition coefficient (Wildman–Crippen LogP) is 2.05. The van der Waals surface area contributed by atoms with Gasteiger partial charge in [0.05, 0.1) is 16.3 Å². The summed E-state index contributed by atoms with van der Waals surface area (Å²) < 4.78 is 23.6. The van der Waals surface area contributed by atoms with Gasteiger partial charge in [-0.15, -0.1) is 0 Å². The highest BCUT2D eigenvalue weighted by Crippen LogP contribution is 2.27. The van der Waals surface area contributed by atoms with Crippen LogP contribution in [0.3, 0.4) is 0 Å². The van der Waals surface area contributed by atoms with Crippen LogP contribution in [0, 0.1) is 0 Å². The summed E-state index contributed by atoms with van der Waals surface area (Å²) in [5.41, 5.74) is 7.27. The molecule has 0 aromatic heterocycles. The lowest BCUT2D eigenvalue weighted by Crippen LogP contribution is -2.29. The third-order valence-corrected chi connectivity index (χ3v) is 5.23. The maximum atomic E-state index is 11.8. The zero-order valence-corrected chi connectivity index (χ0v) is 11.5. The molecule has 0 amide bonds. The first-order chi connectivity index (χ1) is 8.54. The molecule has 1 heterocycles. The summed E-state index contributed by atoms with van der Waals surface area (Å²) in [6.45, 7) is 3.69. The molecular formula is C13H20N2O2S. The molecule has 100 valence electrons. The Hall–Kier alpha value is -1.23. The molecule has 0 aliphatic carbocycles. The van der Waals surface area contributed by atoms with Crippen molar-refractivity contribution < 1.29 is 8.42 Å². The molecule has 4 nitrogen and oxygen atoms in total. The zero-order valence-electron chi connectivity index (χ0n) is 10.7. The van der Waals surface area contributed by atoms with Crippen LogP contribution in [-0.2, 0) is 9.84 Å². The second kappa shape index (κ2) is 5.18. The normalized spacial score (nSPS) is 16.8. The molecule has 1 aromatic carbocycles. The summed E-state index contributed by atoms with van der Waals surface area (Å²) in [4.78, 5) is 2.52. The number of nitrogens with zero attached hydrogens (tertiary/aromatic N) is 1. The molecule has 0 spiro atoms. The van der Waals surface area contributed by atoms with Crippen molar-refractivity contribution in [1.29, 1.82) is 0 Å². The monoisotopic (exact) mass is 268 g/mol. The van der Waals surface area contributed by atoms with Crippen molar-refractivity contribution in [2.45, 2.75) is 31.1 Å². The molecule has 0 saturated carbocycles. The minimum atomic E-state index is -3.22. The maximum Gasteiger partial charge on any atom is 0.180 e. The Bertz CT molecular complexity index is 520. The van der Waals surface area contributed by atoms with Gasteiger partial charge in [-0.3, -0.25) is 0 Å². The van der Waals surface area contributed by atoms with Crippen LogP contribution in [-0.4, -0.2) is 27.3 Å². The first kappa shape index (κ1) is 13.2. The minimum absolute atomic E-state index is 0.0836. The number of hydrogen-bond donors (Lipinski definition) is 1. The van der Waals surface area contributed by atoms with Gasteiger partial charge in [0.15, 0.2) is 9.84 Å². The summed E-state index contributed by atoms with van der Waals surface area (Å²) >= 11 is 0. The van der Waals surface area contributed by atoms with Gasteiger partial charge in [-0.1, -0.05) is 6.92 Å². The first-order valence-electron chi connectivity index (χ1n) is 6.42. The lowest BCUT2D eigenvalue weighted by Gasteiger charge is -2.29. The molecule has 5 heteroatoms. The molecule has 1 fully saturated rings. The molecule has 1 saturated heterocycles. The van der Waals surface area contributed by atoms with E-state index in [0.29, 0.717) is 5.69 Å². The standard InChI is InChI=1S/C13H20N2O2S/c1-2-18(16,17)13-7-6-11(10-12(13)14)15-8-4-3-5-9-15/h6-7,10H,2-5,8-9,14H2,1H3. The van der Waals surface area contributed by atoms with Crippen molar-refractivity contribution in [3.05, 3.63) is 18.2 Å². The van der Waals surface area contributed by atoms with Crippen LogP contribution in [0.4, 0.5) is 11.4 Å². The number of hydrogen-bond acceptors (Lipinski definition) is 4. The lowest BCUT2D eigenvalue weighted by molar-refractivity contribution is 0.577. The quantitative estimate of drug-likeness (QED) is 0.852. The van der Waals surface area contributed by atoms with Crippen molar-refractivity contribution in [3.8, 4) is 0 Å². The number of anilines is 2. The van der Waals surface area contributed by atoms with Crippen LogP contribution in [0.5, 0.6) is 0 Å². The molecular weight excluding hydrogens is 248 g/mol. The van der Waals surface area contributed by atoms with Crippen LogP contribution in [0.15, 0.2) is 23.1 Å². The van der Waals surface area contributed by atoms with Gasteiger partial charge < -0.3 is 10.6 Å². The fourth-order valence-electron chi connectivity index (χ4n) is 2.32. The van der Waals surface area contributed by atoms with Gasteiger partial charge in [-0.25, -0.2) is 8.42 Å². The van der Waals surface area contributed by atoms with Crippen molar-refractivity contribution in [2.75, 3.05) is 29.5 Å². The van der Waals surface area contributed by atoms with Crippen LogP contribution in [0.2, 0.25) is 0 Å². The zero-order chi connectivity index (χ0) is 13.2. The molecule has 2 N–H and O–H groups in total. The lowest BCUT2D eigenvalue weighted by atomic mass is 10.1. The van der Waals surface area contributed by atoms with Gasteiger partial charge in [0.25, 0.3) is 0 Å². The Morgan fingerprint density at radius 1 is 1.22 bits per heavy atom. The summed E-state index contributed by atoms with van der Waals surface area (Å²) in [7, 11) is -3.22. The number of benzene rings is 1. The molecule has 0 unspecified atom stereocenters. The Kier molecular flexibility index (Phi) is 3.80. The van der Waals surface area contributed by atoms with Crippen LogP contribution in [0.1, 0.15) is 26.2 Å². The van der Waals surface area contributed by atoms with E-state index < -0.39 is 9.84 Å². The van der Waals surface area contributed by atoms with E-state index in [4.69, 9.17) is 5.73 Å². The smallest absolute Gasteiger partial charge is 0.180 e. The first-order valence-corrected chi connectivity index (χ1v) is 8.07. The summed E-state index contributed by atoms with van der Waals surface area (Å²) in [5.74, 6) is 0.0836. The van der Waals surface area contributed by atoms with E-state index in [1.54, 1.807) is 19.1 Å².